The Hall–Kier alpha value is -1.38. The lowest BCUT2D eigenvalue weighted by Crippen LogP contribution is -2.44. The predicted octanol–water partition coefficient (Wildman–Crippen LogP) is 2.17. The van der Waals surface area contributed by atoms with E-state index in [1.807, 2.05) is 26.0 Å². The lowest BCUT2D eigenvalue weighted by atomic mass is 9.75. The summed E-state index contributed by atoms with van der Waals surface area (Å²) in [5.74, 6) is -0.113. The van der Waals surface area contributed by atoms with Gasteiger partial charge in [-0.2, -0.15) is 0 Å². The zero-order chi connectivity index (χ0) is 11.9. The monoisotopic (exact) mass is 220 g/mol. The van der Waals surface area contributed by atoms with E-state index in [1.54, 1.807) is 6.92 Å². The van der Waals surface area contributed by atoms with Crippen LogP contribution in [-0.2, 0) is 14.3 Å². The first-order valence-electron chi connectivity index (χ1n) is 5.63. The minimum Gasteiger partial charge on any atom is -0.446 e. The average molecular weight is 220 g/mol. The Kier molecular flexibility index (Phi) is 2.49. The van der Waals surface area contributed by atoms with Crippen molar-refractivity contribution in [2.75, 3.05) is 0 Å². The molecule has 1 fully saturated rings. The van der Waals surface area contributed by atoms with Crippen LogP contribution in [0, 0.1) is 5.92 Å². The number of esters is 1. The first-order valence-corrected chi connectivity index (χ1v) is 5.63. The van der Waals surface area contributed by atoms with Crippen molar-refractivity contribution in [1.82, 2.24) is 0 Å². The lowest BCUT2D eigenvalue weighted by molar-refractivity contribution is -0.153. The maximum atomic E-state index is 12.2. The Morgan fingerprint density at radius 1 is 1.31 bits per heavy atom. The van der Waals surface area contributed by atoms with Crippen LogP contribution in [0.25, 0.3) is 0 Å². The molecule has 1 heterocycles. The molecule has 0 radical (unpaired) electrons. The molecule has 3 nitrogen and oxygen atoms in total. The Morgan fingerprint density at radius 2 is 2.00 bits per heavy atom. The molecular formula is C13H16O3. The highest BCUT2D eigenvalue weighted by Gasteiger charge is 2.51. The van der Waals surface area contributed by atoms with Gasteiger partial charge in [0.1, 0.15) is 0 Å². The van der Waals surface area contributed by atoms with E-state index < -0.39 is 5.60 Å². The van der Waals surface area contributed by atoms with Crippen LogP contribution in [0.1, 0.15) is 33.6 Å². The first-order chi connectivity index (χ1) is 7.47. The zero-order valence-corrected chi connectivity index (χ0v) is 9.87. The number of carbonyl (C=O) groups is 2. The molecule has 86 valence electrons. The molecule has 0 saturated carbocycles. The Bertz CT molecular complexity index is 415. The second-order valence-electron chi connectivity index (χ2n) is 4.76. The molecule has 2 rings (SSSR count). The highest BCUT2D eigenvalue weighted by molar-refractivity contribution is 6.07. The maximum absolute atomic E-state index is 12.2. The van der Waals surface area contributed by atoms with E-state index in [0.717, 1.165) is 5.57 Å². The van der Waals surface area contributed by atoms with Crippen molar-refractivity contribution >= 4 is 11.8 Å². The quantitative estimate of drug-likeness (QED) is 0.636. The van der Waals surface area contributed by atoms with Gasteiger partial charge in [-0.25, -0.2) is 0 Å². The number of rotatable bonds is 1. The summed E-state index contributed by atoms with van der Waals surface area (Å²) in [6, 6.07) is 0. The van der Waals surface area contributed by atoms with Gasteiger partial charge in [0.25, 0.3) is 0 Å². The van der Waals surface area contributed by atoms with Crippen molar-refractivity contribution in [3.63, 3.8) is 0 Å². The first kappa shape index (κ1) is 11.1. The Labute approximate surface area is 95.2 Å². The molecular weight excluding hydrogens is 204 g/mol. The Balaban J connectivity index is 2.49. The van der Waals surface area contributed by atoms with Crippen LogP contribution in [0.2, 0.25) is 0 Å². The second-order valence-corrected chi connectivity index (χ2v) is 4.76. The third kappa shape index (κ3) is 1.42. The van der Waals surface area contributed by atoms with E-state index in [9.17, 15) is 9.59 Å². The molecule has 0 amide bonds. The number of Topliss-reactive ketones (excluding diaryl/α,β-unsaturated/α-hetero) is 1. The van der Waals surface area contributed by atoms with Crippen LogP contribution >= 0.6 is 0 Å². The lowest BCUT2D eigenvalue weighted by Gasteiger charge is -2.33. The molecule has 1 aliphatic heterocycles. The van der Waals surface area contributed by atoms with Crippen molar-refractivity contribution in [1.29, 1.82) is 0 Å². The van der Waals surface area contributed by atoms with E-state index in [2.05, 4.69) is 0 Å². The summed E-state index contributed by atoms with van der Waals surface area (Å²) >= 11 is 0. The molecule has 16 heavy (non-hydrogen) atoms. The molecule has 1 spiro atoms. The maximum Gasteiger partial charge on any atom is 0.307 e. The predicted molar refractivity (Wildman–Crippen MR) is 59.7 cm³/mol. The number of hydrogen-bond donors (Lipinski definition) is 0. The van der Waals surface area contributed by atoms with E-state index in [4.69, 9.17) is 4.74 Å². The van der Waals surface area contributed by atoms with E-state index >= 15 is 0 Å². The van der Waals surface area contributed by atoms with Crippen molar-refractivity contribution in [2.45, 2.75) is 39.2 Å². The molecule has 0 aromatic heterocycles. The minimum absolute atomic E-state index is 0.0513. The summed E-state index contributed by atoms with van der Waals surface area (Å²) in [5.41, 5.74) is 0.609. The van der Waals surface area contributed by atoms with E-state index in [-0.39, 0.29) is 17.7 Å². The molecule has 0 unspecified atom stereocenters. The van der Waals surface area contributed by atoms with Gasteiger partial charge in [0.2, 0.25) is 5.78 Å². The van der Waals surface area contributed by atoms with Gasteiger partial charge in [0, 0.05) is 6.42 Å². The normalized spacial score (nSPS) is 29.5. The van der Waals surface area contributed by atoms with Gasteiger partial charge in [0.15, 0.2) is 5.60 Å². The molecule has 3 heteroatoms. The summed E-state index contributed by atoms with van der Waals surface area (Å²) in [4.78, 5) is 23.5. The third-order valence-corrected chi connectivity index (χ3v) is 3.30. The zero-order valence-electron chi connectivity index (χ0n) is 9.87. The van der Waals surface area contributed by atoms with Crippen molar-refractivity contribution < 1.29 is 14.3 Å². The highest BCUT2D eigenvalue weighted by atomic mass is 16.6. The fourth-order valence-corrected chi connectivity index (χ4v) is 2.47. The van der Waals surface area contributed by atoms with Crippen LogP contribution in [0.5, 0.6) is 0 Å². The number of ketones is 1. The molecule has 0 aromatic carbocycles. The van der Waals surface area contributed by atoms with Crippen LogP contribution in [0.4, 0.5) is 0 Å². The smallest absolute Gasteiger partial charge is 0.307 e. The topological polar surface area (TPSA) is 43.4 Å². The van der Waals surface area contributed by atoms with Gasteiger partial charge in [-0.3, -0.25) is 9.59 Å². The standard InChI is InChI=1S/C13H16O3/c1-8(2)10-5-4-9(3)12(15)13(10)7-6-11(14)16-13/h4-5,8H,6-7H2,1-3H3/t13-/m0/s1. The van der Waals surface area contributed by atoms with Gasteiger partial charge < -0.3 is 4.74 Å². The number of hydrogen-bond acceptors (Lipinski definition) is 3. The van der Waals surface area contributed by atoms with Gasteiger partial charge >= 0.3 is 5.97 Å². The van der Waals surface area contributed by atoms with Crippen molar-refractivity contribution in [2.24, 2.45) is 5.92 Å². The minimum atomic E-state index is -0.982. The van der Waals surface area contributed by atoms with E-state index in [1.165, 1.54) is 0 Å². The Morgan fingerprint density at radius 3 is 2.50 bits per heavy atom. The molecule has 2 aliphatic rings. The van der Waals surface area contributed by atoms with E-state index in [0.29, 0.717) is 18.4 Å². The number of ether oxygens (including phenoxy) is 1. The van der Waals surface area contributed by atoms with Gasteiger partial charge in [0.05, 0.1) is 6.42 Å². The fourth-order valence-electron chi connectivity index (χ4n) is 2.47. The average Bonchev–Trinajstić information content (AvgIpc) is 2.58. The number of carbonyl (C=O) groups excluding carboxylic acids is 2. The van der Waals surface area contributed by atoms with Gasteiger partial charge in [-0.05, 0) is 24.0 Å². The number of allylic oxidation sites excluding steroid dienone is 2. The summed E-state index contributed by atoms with van der Waals surface area (Å²) in [5, 5.41) is 0. The summed E-state index contributed by atoms with van der Waals surface area (Å²) in [7, 11) is 0. The van der Waals surface area contributed by atoms with Crippen LogP contribution in [0.3, 0.4) is 0 Å². The third-order valence-electron chi connectivity index (χ3n) is 3.30. The largest absolute Gasteiger partial charge is 0.446 e. The molecule has 1 saturated heterocycles. The summed E-state index contributed by atoms with van der Waals surface area (Å²) in [6.45, 7) is 5.80. The molecule has 1 atom stereocenters. The van der Waals surface area contributed by atoms with Gasteiger partial charge in [-0.1, -0.05) is 26.0 Å². The fraction of sp³-hybridized carbons (Fsp3) is 0.538. The molecule has 0 bridgehead atoms. The molecule has 1 aliphatic carbocycles. The van der Waals surface area contributed by atoms with Crippen LogP contribution < -0.4 is 0 Å². The SMILES string of the molecule is CC1=CC=C(C(C)C)[C@@]2(CCC(=O)O2)C1=O. The molecule has 0 aromatic rings. The summed E-state index contributed by atoms with van der Waals surface area (Å²) in [6.07, 6.45) is 4.57. The van der Waals surface area contributed by atoms with Crippen molar-refractivity contribution in [3.8, 4) is 0 Å². The summed E-state index contributed by atoms with van der Waals surface area (Å²) < 4.78 is 5.35. The van der Waals surface area contributed by atoms with Gasteiger partial charge in [-0.15, -0.1) is 0 Å². The molecule has 0 N–H and O–H groups in total. The van der Waals surface area contributed by atoms with Crippen LogP contribution in [0.15, 0.2) is 23.3 Å². The second kappa shape index (κ2) is 3.58. The highest BCUT2D eigenvalue weighted by Crippen LogP contribution is 2.41. The van der Waals surface area contributed by atoms with Crippen LogP contribution in [-0.4, -0.2) is 17.4 Å². The van der Waals surface area contributed by atoms with Crippen molar-refractivity contribution in [3.05, 3.63) is 23.3 Å².